The first kappa shape index (κ1) is 19.3. The van der Waals surface area contributed by atoms with Gasteiger partial charge in [-0.3, -0.25) is 9.48 Å². The van der Waals surface area contributed by atoms with E-state index in [2.05, 4.69) is 15.2 Å². The maximum atomic E-state index is 13.7. The average molecular weight is 396 g/mol. The standard InChI is InChI=1S/C21H25FN6O/c1-14(2)20-24-19(25-28(20)17-8-6-7-16(22)11-17)21(29)27-10-5-4-9-18(27)15-12-23-26(3)13-15/h6-8,11-14,18H,4-5,9-10H2,1-3H3. The Morgan fingerprint density at radius 2 is 2.10 bits per heavy atom. The number of halogens is 1. The molecule has 152 valence electrons. The van der Waals surface area contributed by atoms with Crippen LogP contribution in [0.15, 0.2) is 36.7 Å². The summed E-state index contributed by atoms with van der Waals surface area (Å²) >= 11 is 0. The van der Waals surface area contributed by atoms with E-state index in [0.717, 1.165) is 24.8 Å². The molecule has 2 aromatic heterocycles. The normalized spacial score (nSPS) is 17.1. The van der Waals surface area contributed by atoms with Crippen molar-refractivity contribution in [2.75, 3.05) is 6.54 Å². The molecule has 1 atom stereocenters. The van der Waals surface area contributed by atoms with E-state index < -0.39 is 0 Å². The van der Waals surface area contributed by atoms with E-state index in [1.807, 2.05) is 38.2 Å². The molecular formula is C21H25FN6O. The van der Waals surface area contributed by atoms with Gasteiger partial charge in [-0.1, -0.05) is 19.9 Å². The van der Waals surface area contributed by atoms with Gasteiger partial charge >= 0.3 is 0 Å². The number of piperidine rings is 1. The Kier molecular flexibility index (Phi) is 5.17. The number of aromatic nitrogens is 5. The summed E-state index contributed by atoms with van der Waals surface area (Å²) in [6.07, 6.45) is 6.66. The van der Waals surface area contributed by atoms with Gasteiger partial charge in [-0.05, 0) is 37.5 Å². The minimum Gasteiger partial charge on any atom is -0.329 e. The summed E-state index contributed by atoms with van der Waals surface area (Å²) in [5, 5.41) is 8.73. The molecule has 1 fully saturated rings. The monoisotopic (exact) mass is 396 g/mol. The van der Waals surface area contributed by atoms with Crippen molar-refractivity contribution in [3.05, 3.63) is 59.7 Å². The number of likely N-dealkylation sites (tertiary alicyclic amines) is 1. The van der Waals surface area contributed by atoms with Gasteiger partial charge in [0, 0.05) is 31.3 Å². The van der Waals surface area contributed by atoms with E-state index in [0.29, 0.717) is 18.1 Å². The second kappa shape index (κ2) is 7.77. The first-order valence-corrected chi connectivity index (χ1v) is 9.96. The molecule has 0 spiro atoms. The van der Waals surface area contributed by atoms with E-state index in [9.17, 15) is 9.18 Å². The molecule has 0 bridgehead atoms. The first-order valence-electron chi connectivity index (χ1n) is 9.96. The lowest BCUT2D eigenvalue weighted by Crippen LogP contribution is -2.39. The number of benzene rings is 1. The predicted octanol–water partition coefficient (Wildman–Crippen LogP) is 3.63. The van der Waals surface area contributed by atoms with Crippen molar-refractivity contribution in [3.63, 3.8) is 0 Å². The Balaban J connectivity index is 1.70. The molecule has 4 rings (SSSR count). The van der Waals surface area contributed by atoms with E-state index >= 15 is 0 Å². The highest BCUT2D eigenvalue weighted by molar-refractivity contribution is 5.91. The van der Waals surface area contributed by atoms with Gasteiger partial charge in [-0.2, -0.15) is 5.10 Å². The van der Waals surface area contributed by atoms with Gasteiger partial charge in [-0.15, -0.1) is 5.10 Å². The fourth-order valence-electron chi connectivity index (χ4n) is 3.85. The molecule has 3 aromatic rings. The number of carbonyl (C=O) groups is 1. The molecule has 1 aromatic carbocycles. The molecule has 1 aliphatic rings. The van der Waals surface area contributed by atoms with E-state index in [4.69, 9.17) is 0 Å². The predicted molar refractivity (Wildman–Crippen MR) is 106 cm³/mol. The van der Waals surface area contributed by atoms with Crippen LogP contribution in [0, 0.1) is 5.82 Å². The molecule has 0 N–H and O–H groups in total. The van der Waals surface area contributed by atoms with Crippen LogP contribution in [0.3, 0.4) is 0 Å². The lowest BCUT2D eigenvalue weighted by atomic mass is 9.97. The maximum Gasteiger partial charge on any atom is 0.294 e. The fourth-order valence-corrected chi connectivity index (χ4v) is 3.85. The van der Waals surface area contributed by atoms with Crippen molar-refractivity contribution >= 4 is 5.91 Å². The second-order valence-corrected chi connectivity index (χ2v) is 7.80. The van der Waals surface area contributed by atoms with Crippen LogP contribution in [0.2, 0.25) is 0 Å². The largest absolute Gasteiger partial charge is 0.329 e. The zero-order chi connectivity index (χ0) is 20.5. The molecule has 1 unspecified atom stereocenters. The van der Waals surface area contributed by atoms with Crippen LogP contribution in [-0.4, -0.2) is 41.9 Å². The van der Waals surface area contributed by atoms with Crippen LogP contribution in [0.4, 0.5) is 4.39 Å². The minimum atomic E-state index is -0.353. The molecule has 8 heteroatoms. The van der Waals surface area contributed by atoms with Crippen LogP contribution in [-0.2, 0) is 7.05 Å². The molecule has 0 radical (unpaired) electrons. The number of hydrogen-bond acceptors (Lipinski definition) is 4. The lowest BCUT2D eigenvalue weighted by Gasteiger charge is -2.34. The molecule has 7 nitrogen and oxygen atoms in total. The average Bonchev–Trinajstić information content (AvgIpc) is 3.34. The quantitative estimate of drug-likeness (QED) is 0.675. The summed E-state index contributed by atoms with van der Waals surface area (Å²) in [6.45, 7) is 4.62. The Morgan fingerprint density at radius 3 is 2.79 bits per heavy atom. The number of aryl methyl sites for hydroxylation is 1. The topological polar surface area (TPSA) is 68.8 Å². The van der Waals surface area contributed by atoms with Gasteiger partial charge in [0.1, 0.15) is 11.6 Å². The van der Waals surface area contributed by atoms with Crippen LogP contribution >= 0.6 is 0 Å². The number of hydrogen-bond donors (Lipinski definition) is 0. The highest BCUT2D eigenvalue weighted by Crippen LogP contribution is 2.32. The Labute approximate surface area is 169 Å². The molecule has 1 amide bonds. The van der Waals surface area contributed by atoms with Crippen LogP contribution < -0.4 is 0 Å². The molecule has 3 heterocycles. The van der Waals surface area contributed by atoms with Gasteiger partial charge in [0.05, 0.1) is 17.9 Å². The Morgan fingerprint density at radius 1 is 1.28 bits per heavy atom. The van der Waals surface area contributed by atoms with Crippen molar-refractivity contribution in [3.8, 4) is 5.69 Å². The number of nitrogens with zero attached hydrogens (tertiary/aromatic N) is 6. The highest BCUT2D eigenvalue weighted by atomic mass is 19.1. The molecule has 0 aliphatic carbocycles. The lowest BCUT2D eigenvalue weighted by molar-refractivity contribution is 0.0598. The third-order valence-electron chi connectivity index (χ3n) is 5.27. The van der Waals surface area contributed by atoms with Gasteiger partial charge in [-0.25, -0.2) is 14.1 Å². The summed E-state index contributed by atoms with van der Waals surface area (Å²) in [6, 6.07) is 6.13. The highest BCUT2D eigenvalue weighted by Gasteiger charge is 2.32. The van der Waals surface area contributed by atoms with Gasteiger partial charge in [0.2, 0.25) is 5.82 Å². The van der Waals surface area contributed by atoms with Crippen LogP contribution in [0.25, 0.3) is 5.69 Å². The summed E-state index contributed by atoms with van der Waals surface area (Å²) in [5.74, 6) is 0.259. The van der Waals surface area contributed by atoms with E-state index in [-0.39, 0.29) is 29.5 Å². The Hall–Kier alpha value is -3.03. The maximum absolute atomic E-state index is 13.7. The zero-order valence-electron chi connectivity index (χ0n) is 16.9. The minimum absolute atomic E-state index is 0.0304. The van der Waals surface area contributed by atoms with Crippen LogP contribution in [0.1, 0.15) is 67.1 Å². The SMILES string of the molecule is CC(C)c1nc(C(=O)N2CCCCC2c2cnn(C)c2)nn1-c1cccc(F)c1. The number of amides is 1. The number of carbonyl (C=O) groups excluding carboxylic acids is 1. The fraction of sp³-hybridized carbons (Fsp3) is 0.429. The van der Waals surface area contributed by atoms with Crippen LogP contribution in [0.5, 0.6) is 0 Å². The van der Waals surface area contributed by atoms with E-state index in [1.54, 1.807) is 21.5 Å². The van der Waals surface area contributed by atoms with Crippen molar-refractivity contribution in [1.82, 2.24) is 29.4 Å². The number of rotatable bonds is 4. The summed E-state index contributed by atoms with van der Waals surface area (Å²) in [7, 11) is 1.87. The van der Waals surface area contributed by atoms with E-state index in [1.165, 1.54) is 12.1 Å². The summed E-state index contributed by atoms with van der Waals surface area (Å²) in [5.41, 5.74) is 1.58. The van der Waals surface area contributed by atoms with Crippen molar-refractivity contribution in [2.24, 2.45) is 7.05 Å². The molecule has 29 heavy (non-hydrogen) atoms. The van der Waals surface area contributed by atoms with Gasteiger partial charge in [0.15, 0.2) is 0 Å². The third kappa shape index (κ3) is 3.79. The second-order valence-electron chi connectivity index (χ2n) is 7.80. The van der Waals surface area contributed by atoms with Crippen molar-refractivity contribution in [1.29, 1.82) is 0 Å². The zero-order valence-corrected chi connectivity index (χ0v) is 16.9. The summed E-state index contributed by atoms with van der Waals surface area (Å²) in [4.78, 5) is 19.7. The smallest absolute Gasteiger partial charge is 0.294 e. The third-order valence-corrected chi connectivity index (χ3v) is 5.27. The molecular weight excluding hydrogens is 371 g/mol. The molecule has 1 aliphatic heterocycles. The Bertz CT molecular complexity index is 1020. The molecule has 1 saturated heterocycles. The van der Waals surface area contributed by atoms with Crippen molar-refractivity contribution in [2.45, 2.75) is 45.1 Å². The first-order chi connectivity index (χ1) is 13.9. The molecule has 0 saturated carbocycles. The summed E-state index contributed by atoms with van der Waals surface area (Å²) < 4.78 is 17.1. The van der Waals surface area contributed by atoms with Crippen molar-refractivity contribution < 1.29 is 9.18 Å². The van der Waals surface area contributed by atoms with Gasteiger partial charge in [0.25, 0.3) is 5.91 Å². The van der Waals surface area contributed by atoms with Gasteiger partial charge < -0.3 is 4.90 Å².